The molecule has 0 aliphatic carbocycles. The number of rotatable bonds is 6. The van der Waals surface area contributed by atoms with Gasteiger partial charge in [0.25, 0.3) is 5.91 Å². The van der Waals surface area contributed by atoms with Crippen LogP contribution in [0.25, 0.3) is 4.98 Å². The zero-order chi connectivity index (χ0) is 16.7. The summed E-state index contributed by atoms with van der Waals surface area (Å²) in [5.74, 6) is 0.680. The predicted molar refractivity (Wildman–Crippen MR) is 87.9 cm³/mol. The van der Waals surface area contributed by atoms with Crippen LogP contribution in [0.5, 0.6) is 11.5 Å². The molecule has 1 amide bonds. The minimum absolute atomic E-state index is 0. The highest BCUT2D eigenvalue weighted by Gasteiger charge is 2.19. The van der Waals surface area contributed by atoms with Crippen molar-refractivity contribution >= 4 is 17.3 Å². The summed E-state index contributed by atoms with van der Waals surface area (Å²) < 4.78 is 10.9. The van der Waals surface area contributed by atoms with Crippen molar-refractivity contribution < 1.29 is 26.7 Å². The van der Waals surface area contributed by atoms with Gasteiger partial charge in [0.1, 0.15) is 17.2 Å². The summed E-state index contributed by atoms with van der Waals surface area (Å²) in [6.07, 6.45) is 0. The summed E-state index contributed by atoms with van der Waals surface area (Å²) in [4.78, 5) is 15.7. The standard InChI is InChI=1S/C17H17N3O3.ClH/c1-3-22-12-9-10-16(23-4-2)13(11-12)17(21)19-14-7-5-6-8-15(14)20-18;/h5-11H,3-4H2,1-2H3;1H. The van der Waals surface area contributed by atoms with E-state index >= 15 is 0 Å². The van der Waals surface area contributed by atoms with Crippen molar-refractivity contribution in [2.24, 2.45) is 0 Å². The molecule has 2 aromatic rings. The molecule has 0 saturated carbocycles. The highest BCUT2D eigenvalue weighted by atomic mass is 35.5. The Labute approximate surface area is 146 Å². The van der Waals surface area contributed by atoms with Gasteiger partial charge in [-0.2, -0.15) is 0 Å². The van der Waals surface area contributed by atoms with E-state index in [1.54, 1.807) is 42.5 Å². The number of hydrogen-bond acceptors (Lipinski definition) is 4. The minimum atomic E-state index is -0.369. The number of halogens is 1. The number of nitrogens with zero attached hydrogens (tertiary/aromatic N) is 2. The summed E-state index contributed by atoms with van der Waals surface area (Å²) in [6, 6.07) is 11.8. The van der Waals surface area contributed by atoms with Gasteiger partial charge in [-0.1, -0.05) is 12.1 Å². The second kappa shape index (κ2) is 9.38. The minimum Gasteiger partial charge on any atom is -1.00 e. The number of amides is 1. The monoisotopic (exact) mass is 347 g/mol. The maximum Gasteiger partial charge on any atom is 0.408 e. The lowest BCUT2D eigenvalue weighted by Gasteiger charge is -2.12. The lowest BCUT2D eigenvalue weighted by Crippen LogP contribution is -3.00. The van der Waals surface area contributed by atoms with Gasteiger partial charge in [-0.15, -0.1) is 0 Å². The number of benzene rings is 2. The number of anilines is 1. The zero-order valence-electron chi connectivity index (χ0n) is 13.5. The van der Waals surface area contributed by atoms with E-state index in [-0.39, 0.29) is 24.0 Å². The number of carbonyl (C=O) groups is 1. The third-order valence-corrected chi connectivity index (χ3v) is 3.07. The molecule has 0 unspecified atom stereocenters. The van der Waals surface area contributed by atoms with Crippen molar-refractivity contribution in [1.82, 2.24) is 0 Å². The second-order valence-corrected chi connectivity index (χ2v) is 4.60. The van der Waals surface area contributed by atoms with Crippen LogP contribution in [0.4, 0.5) is 11.4 Å². The third-order valence-electron chi connectivity index (χ3n) is 3.07. The van der Waals surface area contributed by atoms with Crippen molar-refractivity contribution in [1.29, 1.82) is 5.39 Å². The average Bonchev–Trinajstić information content (AvgIpc) is 2.57. The zero-order valence-corrected chi connectivity index (χ0v) is 14.2. The first-order chi connectivity index (χ1) is 11.2. The molecule has 0 aliphatic heterocycles. The highest BCUT2D eigenvalue weighted by Crippen LogP contribution is 2.28. The largest absolute Gasteiger partial charge is 1.00 e. The summed E-state index contributed by atoms with van der Waals surface area (Å²) >= 11 is 0. The van der Waals surface area contributed by atoms with Crippen LogP contribution in [0, 0.1) is 5.39 Å². The van der Waals surface area contributed by atoms with Crippen molar-refractivity contribution in [2.45, 2.75) is 13.8 Å². The molecule has 2 aromatic carbocycles. The summed E-state index contributed by atoms with van der Waals surface area (Å²) in [6.45, 7) is 4.66. The SMILES string of the molecule is CCOc1ccc(OCC)c(C(=O)Nc2ccccc2[N+]#N)c1.[Cl-]. The number of ether oxygens (including phenoxy) is 2. The number of para-hydroxylation sites is 1. The van der Waals surface area contributed by atoms with Crippen molar-refractivity contribution in [2.75, 3.05) is 18.5 Å². The van der Waals surface area contributed by atoms with Crippen LogP contribution in [0.3, 0.4) is 0 Å². The van der Waals surface area contributed by atoms with Gasteiger partial charge in [0, 0.05) is 6.07 Å². The van der Waals surface area contributed by atoms with E-state index in [1.807, 2.05) is 13.8 Å². The Morgan fingerprint density at radius 3 is 2.50 bits per heavy atom. The molecule has 0 fully saturated rings. The molecule has 6 nitrogen and oxygen atoms in total. The summed E-state index contributed by atoms with van der Waals surface area (Å²) in [7, 11) is 0. The predicted octanol–water partition coefficient (Wildman–Crippen LogP) is 1.22. The fourth-order valence-electron chi connectivity index (χ4n) is 2.08. The molecule has 0 heterocycles. The van der Waals surface area contributed by atoms with Gasteiger partial charge in [0.15, 0.2) is 4.98 Å². The van der Waals surface area contributed by atoms with E-state index in [0.29, 0.717) is 36.0 Å². The molecule has 24 heavy (non-hydrogen) atoms. The molecule has 0 radical (unpaired) electrons. The van der Waals surface area contributed by atoms with E-state index in [0.717, 1.165) is 0 Å². The first kappa shape index (κ1) is 19.3. The van der Waals surface area contributed by atoms with E-state index in [4.69, 9.17) is 14.9 Å². The Balaban J connectivity index is 0.00000288. The fraction of sp³-hybridized carbons (Fsp3) is 0.235. The van der Waals surface area contributed by atoms with E-state index in [9.17, 15) is 4.79 Å². The van der Waals surface area contributed by atoms with Crippen LogP contribution in [0.15, 0.2) is 42.5 Å². The van der Waals surface area contributed by atoms with Gasteiger partial charge in [-0.25, -0.2) is 0 Å². The van der Waals surface area contributed by atoms with Gasteiger partial charge >= 0.3 is 5.69 Å². The van der Waals surface area contributed by atoms with E-state index in [2.05, 4.69) is 10.3 Å². The number of hydrogen-bond donors (Lipinski definition) is 1. The van der Waals surface area contributed by atoms with Crippen molar-refractivity contribution in [3.8, 4) is 11.5 Å². The van der Waals surface area contributed by atoms with Crippen LogP contribution in [-0.2, 0) is 0 Å². The first-order valence-corrected chi connectivity index (χ1v) is 7.34. The van der Waals surface area contributed by atoms with Crippen LogP contribution in [0.2, 0.25) is 0 Å². The first-order valence-electron chi connectivity index (χ1n) is 7.34. The Morgan fingerprint density at radius 2 is 1.83 bits per heavy atom. The maximum atomic E-state index is 12.6. The number of nitrogens with one attached hydrogen (secondary N) is 1. The highest BCUT2D eigenvalue weighted by molar-refractivity contribution is 6.07. The van der Waals surface area contributed by atoms with E-state index in [1.165, 1.54) is 0 Å². The third kappa shape index (κ3) is 4.61. The molecule has 0 saturated heterocycles. The van der Waals surface area contributed by atoms with Crippen LogP contribution in [0.1, 0.15) is 24.2 Å². The Morgan fingerprint density at radius 1 is 1.12 bits per heavy atom. The second-order valence-electron chi connectivity index (χ2n) is 4.60. The van der Waals surface area contributed by atoms with Gasteiger partial charge in [-0.3, -0.25) is 4.79 Å². The lowest BCUT2D eigenvalue weighted by molar-refractivity contribution is -0.0000138. The normalized spacial score (nSPS) is 9.38. The lowest BCUT2D eigenvalue weighted by atomic mass is 10.1. The molecule has 0 atom stereocenters. The molecular formula is C17H18ClN3O3. The number of diazo groups is 1. The molecule has 1 N–H and O–H groups in total. The van der Waals surface area contributed by atoms with Gasteiger partial charge in [0.2, 0.25) is 5.39 Å². The molecule has 7 heteroatoms. The molecule has 0 aliphatic rings. The summed E-state index contributed by atoms with van der Waals surface area (Å²) in [5, 5.41) is 11.7. The van der Waals surface area contributed by atoms with Crippen molar-refractivity contribution in [3.63, 3.8) is 0 Å². The van der Waals surface area contributed by atoms with Crippen LogP contribution in [-0.4, -0.2) is 19.1 Å². The Bertz CT molecular complexity index is 744. The molecular weight excluding hydrogens is 330 g/mol. The van der Waals surface area contributed by atoms with Gasteiger partial charge in [0.05, 0.1) is 18.8 Å². The molecule has 0 bridgehead atoms. The quantitative estimate of drug-likeness (QED) is 0.797. The van der Waals surface area contributed by atoms with Gasteiger partial charge in [-0.05, 0) is 38.1 Å². The maximum absolute atomic E-state index is 12.6. The molecule has 0 aromatic heterocycles. The van der Waals surface area contributed by atoms with Gasteiger partial charge < -0.3 is 27.2 Å². The fourth-order valence-corrected chi connectivity index (χ4v) is 2.08. The Kier molecular flexibility index (Phi) is 7.53. The topological polar surface area (TPSA) is 75.7 Å². The van der Waals surface area contributed by atoms with E-state index < -0.39 is 0 Å². The Hall–Kier alpha value is -2.78. The average molecular weight is 348 g/mol. The number of carbonyl (C=O) groups excluding carboxylic acids is 1. The smallest absolute Gasteiger partial charge is 0.408 e. The molecule has 2 rings (SSSR count). The summed E-state index contributed by atoms with van der Waals surface area (Å²) in [5.41, 5.74) is 1.04. The van der Waals surface area contributed by atoms with Crippen LogP contribution >= 0.6 is 0 Å². The molecule has 126 valence electrons. The molecule has 0 spiro atoms. The van der Waals surface area contributed by atoms with Crippen LogP contribution < -0.4 is 27.2 Å². The van der Waals surface area contributed by atoms with Crippen molar-refractivity contribution in [3.05, 3.63) is 53.0 Å².